The molecule has 1 unspecified atom stereocenters. The number of carbonyl (C=O) groups is 3. The normalized spacial score (nSPS) is 18.8. The minimum Gasteiger partial charge on any atom is -0.465 e. The summed E-state index contributed by atoms with van der Waals surface area (Å²) < 4.78 is 5.15. The van der Waals surface area contributed by atoms with E-state index in [-0.39, 0.29) is 17.5 Å². The number of hydrogen-bond acceptors (Lipinski definition) is 4. The molecule has 1 aromatic carbocycles. The second-order valence-corrected chi connectivity index (χ2v) is 5.70. The fourth-order valence-electron chi connectivity index (χ4n) is 2.48. The molecular weight excluding hydrogens is 334 g/mol. The third-order valence-electron chi connectivity index (χ3n) is 3.82. The maximum absolute atomic E-state index is 12.2. The van der Waals surface area contributed by atoms with Crippen LogP contribution in [-0.2, 0) is 16.0 Å². The van der Waals surface area contributed by atoms with Crippen molar-refractivity contribution in [1.29, 1.82) is 0 Å². The van der Waals surface area contributed by atoms with E-state index in [9.17, 15) is 14.4 Å². The third-order valence-corrected chi connectivity index (χ3v) is 3.82. The van der Waals surface area contributed by atoms with E-state index in [0.29, 0.717) is 17.7 Å². The van der Waals surface area contributed by atoms with Gasteiger partial charge in [0.25, 0.3) is 11.8 Å². The van der Waals surface area contributed by atoms with Crippen LogP contribution in [0.3, 0.4) is 0 Å². The summed E-state index contributed by atoms with van der Waals surface area (Å²) >= 11 is 0. The molecule has 2 aromatic rings. The molecule has 2 heterocycles. The fourth-order valence-corrected chi connectivity index (χ4v) is 2.48. The van der Waals surface area contributed by atoms with Crippen LogP contribution in [0.25, 0.3) is 6.08 Å². The topological polar surface area (TPSA) is 114 Å². The van der Waals surface area contributed by atoms with Crippen molar-refractivity contribution in [1.82, 2.24) is 10.6 Å². The van der Waals surface area contributed by atoms with Crippen LogP contribution in [0.4, 0.5) is 0 Å². The number of primary amides is 1. The molecule has 0 bridgehead atoms. The average molecular weight is 351 g/mol. The number of carbonyl (C=O) groups excluding carboxylic acids is 3. The minimum atomic E-state index is -0.775. The molecular formula is C19H17N3O4. The molecule has 1 fully saturated rings. The largest absolute Gasteiger partial charge is 0.465 e. The smallest absolute Gasteiger partial charge is 0.268 e. The Morgan fingerprint density at radius 2 is 2.08 bits per heavy atom. The molecule has 3 rings (SSSR count). The number of allylic oxidation sites excluding steroid dienone is 1. The third kappa shape index (κ3) is 4.07. The number of nitrogens with one attached hydrogen (secondary N) is 2. The number of benzene rings is 1. The van der Waals surface area contributed by atoms with E-state index >= 15 is 0 Å². The molecule has 4 N–H and O–H groups in total. The zero-order valence-corrected chi connectivity index (χ0v) is 13.8. The molecule has 1 atom stereocenters. The Bertz CT molecular complexity index is 897. The number of piperazine rings is 1. The van der Waals surface area contributed by atoms with Crippen molar-refractivity contribution in [2.24, 2.45) is 5.73 Å². The standard InChI is InChI=1S/C19H17N3O4/c20-17(23)13-4-1-3-12(11-13)6-8-15-18(24)22-16(19(25)21-15)9-7-14-5-2-10-26-14/h1-5,7-11,16H,6H2,(H2,20,23)(H,21,25)(H,22,24). The zero-order valence-electron chi connectivity index (χ0n) is 13.8. The van der Waals surface area contributed by atoms with Gasteiger partial charge in [-0.05, 0) is 48.4 Å². The lowest BCUT2D eigenvalue weighted by Gasteiger charge is -2.22. The van der Waals surface area contributed by atoms with E-state index in [2.05, 4.69) is 10.6 Å². The number of rotatable bonds is 5. The lowest BCUT2D eigenvalue weighted by molar-refractivity contribution is -0.129. The van der Waals surface area contributed by atoms with Gasteiger partial charge in [-0.2, -0.15) is 0 Å². The fraction of sp³-hybridized carbons (Fsp3) is 0.105. The van der Waals surface area contributed by atoms with Crippen LogP contribution in [0.1, 0.15) is 21.7 Å². The molecule has 7 nitrogen and oxygen atoms in total. The highest BCUT2D eigenvalue weighted by Gasteiger charge is 2.27. The summed E-state index contributed by atoms with van der Waals surface area (Å²) in [6.07, 6.45) is 6.66. The van der Waals surface area contributed by atoms with Crippen LogP contribution >= 0.6 is 0 Å². The molecule has 0 radical (unpaired) electrons. The molecule has 7 heteroatoms. The van der Waals surface area contributed by atoms with E-state index in [1.54, 1.807) is 54.6 Å². The highest BCUT2D eigenvalue weighted by molar-refractivity contribution is 6.05. The number of furan rings is 1. The molecule has 3 amide bonds. The highest BCUT2D eigenvalue weighted by Crippen LogP contribution is 2.10. The summed E-state index contributed by atoms with van der Waals surface area (Å²) in [4.78, 5) is 35.5. The Hall–Kier alpha value is -3.61. The van der Waals surface area contributed by atoms with Gasteiger partial charge in [0.15, 0.2) is 0 Å². The summed E-state index contributed by atoms with van der Waals surface area (Å²) in [5.41, 5.74) is 6.61. The van der Waals surface area contributed by atoms with Crippen molar-refractivity contribution in [3.05, 3.63) is 77.4 Å². The van der Waals surface area contributed by atoms with E-state index in [0.717, 1.165) is 5.56 Å². The van der Waals surface area contributed by atoms with Gasteiger partial charge in [0.2, 0.25) is 5.91 Å². The van der Waals surface area contributed by atoms with Crippen molar-refractivity contribution in [3.8, 4) is 0 Å². The van der Waals surface area contributed by atoms with Crippen LogP contribution in [0.2, 0.25) is 0 Å². The summed E-state index contributed by atoms with van der Waals surface area (Å²) in [6, 6.07) is 9.48. The van der Waals surface area contributed by atoms with Crippen LogP contribution in [0.5, 0.6) is 0 Å². The first-order valence-electron chi connectivity index (χ1n) is 7.95. The zero-order chi connectivity index (χ0) is 18.5. The van der Waals surface area contributed by atoms with Crippen LogP contribution < -0.4 is 16.4 Å². The van der Waals surface area contributed by atoms with Crippen LogP contribution in [-0.4, -0.2) is 23.8 Å². The van der Waals surface area contributed by atoms with Gasteiger partial charge >= 0.3 is 0 Å². The van der Waals surface area contributed by atoms with Crippen LogP contribution in [0, 0.1) is 0 Å². The second kappa shape index (κ2) is 7.52. The van der Waals surface area contributed by atoms with E-state index in [1.165, 1.54) is 6.26 Å². The number of nitrogens with two attached hydrogens (primary N) is 1. The Balaban J connectivity index is 1.66. The van der Waals surface area contributed by atoms with Crippen molar-refractivity contribution in [2.75, 3.05) is 0 Å². The van der Waals surface area contributed by atoms with E-state index in [4.69, 9.17) is 10.2 Å². The summed E-state index contributed by atoms with van der Waals surface area (Å²) in [5, 5.41) is 5.21. The van der Waals surface area contributed by atoms with Gasteiger partial charge in [0.1, 0.15) is 17.5 Å². The van der Waals surface area contributed by atoms with Gasteiger partial charge in [-0.3, -0.25) is 14.4 Å². The maximum Gasteiger partial charge on any atom is 0.268 e. The van der Waals surface area contributed by atoms with Gasteiger partial charge < -0.3 is 20.8 Å². The summed E-state index contributed by atoms with van der Waals surface area (Å²) in [6.45, 7) is 0. The molecule has 26 heavy (non-hydrogen) atoms. The SMILES string of the molecule is NC(=O)c1cccc(CC=C2NC(=O)C(C=Cc3ccco3)NC2=O)c1. The first kappa shape index (κ1) is 17.2. The molecule has 1 aromatic heterocycles. The lowest BCUT2D eigenvalue weighted by atomic mass is 10.1. The Labute approximate surface area is 149 Å². The van der Waals surface area contributed by atoms with Crippen molar-refractivity contribution < 1.29 is 18.8 Å². The van der Waals surface area contributed by atoms with Gasteiger partial charge in [0, 0.05) is 5.56 Å². The van der Waals surface area contributed by atoms with Crippen molar-refractivity contribution >= 4 is 23.8 Å². The van der Waals surface area contributed by atoms with E-state index in [1.807, 2.05) is 0 Å². The van der Waals surface area contributed by atoms with Gasteiger partial charge in [-0.25, -0.2) is 0 Å². The Kier molecular flexibility index (Phi) is 4.98. The predicted molar refractivity (Wildman–Crippen MR) is 94.6 cm³/mol. The number of amides is 3. The molecule has 1 aliphatic heterocycles. The predicted octanol–water partition coefficient (Wildman–Crippen LogP) is 1.13. The molecule has 1 saturated heterocycles. The summed E-state index contributed by atoms with van der Waals surface area (Å²) in [7, 11) is 0. The quantitative estimate of drug-likeness (QED) is 0.701. The lowest BCUT2D eigenvalue weighted by Crippen LogP contribution is -2.53. The molecule has 0 saturated carbocycles. The minimum absolute atomic E-state index is 0.169. The Morgan fingerprint density at radius 1 is 1.23 bits per heavy atom. The van der Waals surface area contributed by atoms with Crippen LogP contribution in [0.15, 0.2) is 64.9 Å². The first-order valence-corrected chi connectivity index (χ1v) is 7.95. The summed E-state index contributed by atoms with van der Waals surface area (Å²) in [5.74, 6) is -0.661. The number of hydrogen-bond donors (Lipinski definition) is 3. The van der Waals surface area contributed by atoms with Crippen molar-refractivity contribution in [2.45, 2.75) is 12.5 Å². The Morgan fingerprint density at radius 3 is 2.81 bits per heavy atom. The van der Waals surface area contributed by atoms with Gasteiger partial charge in [-0.15, -0.1) is 0 Å². The monoisotopic (exact) mass is 351 g/mol. The van der Waals surface area contributed by atoms with Crippen molar-refractivity contribution in [3.63, 3.8) is 0 Å². The molecule has 132 valence electrons. The molecule has 0 spiro atoms. The first-order chi connectivity index (χ1) is 12.5. The molecule has 1 aliphatic rings. The van der Waals surface area contributed by atoms with Gasteiger partial charge in [0.05, 0.1) is 6.26 Å². The maximum atomic E-state index is 12.2. The van der Waals surface area contributed by atoms with Gasteiger partial charge in [-0.1, -0.05) is 18.2 Å². The second-order valence-electron chi connectivity index (χ2n) is 5.70. The average Bonchev–Trinajstić information content (AvgIpc) is 3.14. The highest BCUT2D eigenvalue weighted by atomic mass is 16.3. The van der Waals surface area contributed by atoms with E-state index < -0.39 is 11.9 Å². The molecule has 0 aliphatic carbocycles.